The van der Waals surface area contributed by atoms with E-state index in [9.17, 15) is 19.6 Å². The first-order valence-corrected chi connectivity index (χ1v) is 12.3. The minimum Gasteiger partial charge on any atom is -0.451 e. The van der Waals surface area contributed by atoms with Crippen LogP contribution in [0.4, 0.5) is 0 Å². The molecule has 0 saturated carbocycles. The van der Waals surface area contributed by atoms with E-state index in [-0.39, 0.29) is 23.8 Å². The number of carbonyl (C=O) groups excluding carboxylic acids is 3. The Labute approximate surface area is 208 Å². The Balaban J connectivity index is 1.97. The quantitative estimate of drug-likeness (QED) is 0.123. The van der Waals surface area contributed by atoms with E-state index < -0.39 is 17.9 Å². The number of rotatable bonds is 13. The summed E-state index contributed by atoms with van der Waals surface area (Å²) in [6, 6.07) is 10.7. The molecule has 0 aliphatic carbocycles. The number of nitrogens with zero attached hydrogens (tertiary/aromatic N) is 1. The van der Waals surface area contributed by atoms with E-state index in [0.29, 0.717) is 30.1 Å². The van der Waals surface area contributed by atoms with Gasteiger partial charge in [0.15, 0.2) is 5.76 Å². The minimum absolute atomic E-state index is 0.0477. The molecule has 0 aliphatic rings. The highest BCUT2D eigenvalue weighted by Gasteiger charge is 2.30. The average molecular weight is 486 g/mol. The maximum Gasteiger partial charge on any atom is 0.288 e. The predicted octanol–water partition coefficient (Wildman–Crippen LogP) is 4.87. The third-order valence-corrected chi connectivity index (χ3v) is 6.16. The van der Waals surface area contributed by atoms with Gasteiger partial charge in [-0.2, -0.15) is 0 Å². The van der Waals surface area contributed by atoms with Crippen molar-refractivity contribution in [3.8, 4) is 11.3 Å². The smallest absolute Gasteiger partial charge is 0.288 e. The maximum atomic E-state index is 12.8. The lowest BCUT2D eigenvalue weighted by molar-refractivity contribution is -0.168. The summed E-state index contributed by atoms with van der Waals surface area (Å²) < 4.78 is 5.73. The second-order valence-corrected chi connectivity index (χ2v) is 9.78. The van der Waals surface area contributed by atoms with Crippen LogP contribution in [0, 0.1) is 5.92 Å². The number of hydrogen-bond donors (Lipinski definition) is 3. The molecule has 1 aromatic carbocycles. The first kappa shape index (κ1) is 28.1. The summed E-state index contributed by atoms with van der Waals surface area (Å²) in [5, 5.41) is 15.8. The van der Waals surface area contributed by atoms with Crippen molar-refractivity contribution in [2.45, 2.75) is 78.2 Å². The van der Waals surface area contributed by atoms with Crippen molar-refractivity contribution in [2.75, 3.05) is 6.67 Å². The number of amides is 3. The van der Waals surface area contributed by atoms with Crippen LogP contribution < -0.4 is 10.6 Å². The lowest BCUT2D eigenvalue weighted by Crippen LogP contribution is -2.47. The molecule has 0 saturated heterocycles. The Hall–Kier alpha value is -3.13. The van der Waals surface area contributed by atoms with Gasteiger partial charge in [0.2, 0.25) is 12.3 Å². The molecule has 1 heterocycles. The molecule has 2 atom stereocenters. The molecule has 0 fully saturated rings. The topological polar surface area (TPSA) is 112 Å². The van der Waals surface area contributed by atoms with Gasteiger partial charge in [0.1, 0.15) is 5.76 Å². The van der Waals surface area contributed by atoms with Crippen LogP contribution in [-0.2, 0) is 15.0 Å². The van der Waals surface area contributed by atoms with Crippen LogP contribution in [0.15, 0.2) is 40.8 Å². The molecule has 35 heavy (non-hydrogen) atoms. The van der Waals surface area contributed by atoms with Crippen molar-refractivity contribution in [2.24, 2.45) is 5.92 Å². The van der Waals surface area contributed by atoms with Gasteiger partial charge in [-0.1, -0.05) is 78.1 Å². The molecule has 2 aromatic rings. The van der Waals surface area contributed by atoms with Crippen molar-refractivity contribution in [1.82, 2.24) is 15.7 Å². The predicted molar refractivity (Wildman–Crippen MR) is 135 cm³/mol. The van der Waals surface area contributed by atoms with Gasteiger partial charge >= 0.3 is 0 Å². The number of hydroxylamine groups is 2. The fraction of sp³-hybridized carbons (Fsp3) is 0.519. The summed E-state index contributed by atoms with van der Waals surface area (Å²) in [6.45, 7) is 10.2. The number of hydrogen-bond acceptors (Lipinski definition) is 5. The molecule has 0 aliphatic heterocycles. The standard InChI is InChI=1S/C27H39N3O5/c1-6-8-9-10-21(22(7-2)30(34)18-31)25(32)28-17-29-26(33)24-16-15-23(35-24)19-11-13-20(14-12-19)27(3,4)5/h11-16,18,21-22,34H,6-10,17H2,1-5H3,(H,28,32)(H,29,33)/t21-,22-/m1/s1. The summed E-state index contributed by atoms with van der Waals surface area (Å²) in [7, 11) is 0. The number of benzene rings is 1. The van der Waals surface area contributed by atoms with Gasteiger partial charge in [-0.3, -0.25) is 19.6 Å². The van der Waals surface area contributed by atoms with Crippen molar-refractivity contribution < 1.29 is 24.0 Å². The van der Waals surface area contributed by atoms with E-state index in [2.05, 4.69) is 38.3 Å². The summed E-state index contributed by atoms with van der Waals surface area (Å²) in [6.07, 6.45) is 4.02. The zero-order valence-electron chi connectivity index (χ0n) is 21.5. The van der Waals surface area contributed by atoms with Gasteiger partial charge in [0.25, 0.3) is 5.91 Å². The summed E-state index contributed by atoms with van der Waals surface area (Å²) in [5.41, 5.74) is 2.12. The molecule has 0 spiro atoms. The first-order valence-electron chi connectivity index (χ1n) is 12.3. The normalized spacial score (nSPS) is 13.1. The Morgan fingerprint density at radius 3 is 2.31 bits per heavy atom. The van der Waals surface area contributed by atoms with E-state index in [1.807, 2.05) is 31.2 Å². The number of nitrogens with one attached hydrogen (secondary N) is 2. The van der Waals surface area contributed by atoms with Crippen molar-refractivity contribution in [3.63, 3.8) is 0 Å². The molecule has 3 N–H and O–H groups in total. The summed E-state index contributed by atoms with van der Waals surface area (Å²) in [4.78, 5) is 36.4. The van der Waals surface area contributed by atoms with Gasteiger partial charge in [-0.25, -0.2) is 5.06 Å². The monoisotopic (exact) mass is 485 g/mol. The second kappa shape index (κ2) is 13.1. The second-order valence-electron chi connectivity index (χ2n) is 9.78. The molecule has 8 nitrogen and oxygen atoms in total. The minimum atomic E-state index is -0.627. The van der Waals surface area contributed by atoms with Crippen molar-refractivity contribution >= 4 is 18.2 Å². The molecular formula is C27H39N3O5. The van der Waals surface area contributed by atoms with Crippen LogP contribution in [0.1, 0.15) is 82.8 Å². The summed E-state index contributed by atoms with van der Waals surface area (Å²) >= 11 is 0. The number of carbonyl (C=O) groups is 3. The van der Waals surface area contributed by atoms with Crippen molar-refractivity contribution in [1.29, 1.82) is 0 Å². The van der Waals surface area contributed by atoms with E-state index in [4.69, 9.17) is 4.42 Å². The molecule has 8 heteroatoms. The Morgan fingerprint density at radius 2 is 1.74 bits per heavy atom. The van der Waals surface area contributed by atoms with E-state index in [1.54, 1.807) is 12.1 Å². The largest absolute Gasteiger partial charge is 0.451 e. The van der Waals surface area contributed by atoms with Gasteiger partial charge in [0.05, 0.1) is 18.6 Å². The van der Waals surface area contributed by atoms with Gasteiger partial charge in [-0.05, 0) is 36.0 Å². The van der Waals surface area contributed by atoms with Crippen LogP contribution in [0.3, 0.4) is 0 Å². The Bertz CT molecular complexity index is 962. The lowest BCUT2D eigenvalue weighted by Gasteiger charge is -2.29. The highest BCUT2D eigenvalue weighted by atomic mass is 16.5. The molecule has 0 radical (unpaired) electrons. The van der Waals surface area contributed by atoms with Gasteiger partial charge in [-0.15, -0.1) is 0 Å². The Morgan fingerprint density at radius 1 is 1.06 bits per heavy atom. The van der Waals surface area contributed by atoms with E-state index in [0.717, 1.165) is 24.8 Å². The highest BCUT2D eigenvalue weighted by Crippen LogP contribution is 2.27. The zero-order valence-corrected chi connectivity index (χ0v) is 21.5. The fourth-order valence-corrected chi connectivity index (χ4v) is 4.03. The summed E-state index contributed by atoms with van der Waals surface area (Å²) in [5.74, 6) is -0.631. The third kappa shape index (κ3) is 7.96. The van der Waals surface area contributed by atoms with Crippen LogP contribution >= 0.6 is 0 Å². The molecule has 3 amide bonds. The molecule has 2 rings (SSSR count). The maximum absolute atomic E-state index is 12.8. The van der Waals surface area contributed by atoms with Crippen LogP contribution in [0.2, 0.25) is 0 Å². The van der Waals surface area contributed by atoms with Crippen LogP contribution in [0.25, 0.3) is 11.3 Å². The number of furan rings is 1. The first-order chi connectivity index (χ1) is 16.6. The van der Waals surface area contributed by atoms with E-state index in [1.165, 1.54) is 5.56 Å². The number of unbranched alkanes of at least 4 members (excludes halogenated alkanes) is 2. The van der Waals surface area contributed by atoms with E-state index >= 15 is 0 Å². The third-order valence-electron chi connectivity index (χ3n) is 6.16. The zero-order chi connectivity index (χ0) is 26.0. The van der Waals surface area contributed by atoms with Gasteiger partial charge < -0.3 is 15.1 Å². The Kier molecular flexibility index (Phi) is 10.5. The molecule has 1 aromatic heterocycles. The lowest BCUT2D eigenvalue weighted by atomic mass is 9.86. The fourth-order valence-electron chi connectivity index (χ4n) is 4.03. The van der Waals surface area contributed by atoms with Crippen molar-refractivity contribution in [3.05, 3.63) is 47.7 Å². The highest BCUT2D eigenvalue weighted by molar-refractivity contribution is 5.92. The molecular weight excluding hydrogens is 446 g/mol. The molecule has 0 bridgehead atoms. The molecule has 192 valence electrons. The average Bonchev–Trinajstić information content (AvgIpc) is 3.33. The van der Waals surface area contributed by atoms with Crippen LogP contribution in [-0.4, -0.2) is 41.2 Å². The van der Waals surface area contributed by atoms with Gasteiger partial charge in [0, 0.05) is 5.56 Å². The SMILES string of the molecule is CCCCC[C@@H](C(=O)NCNC(=O)c1ccc(-c2ccc(C(C)(C)C)cc2)o1)[C@@H](CC)N(O)C=O. The van der Waals surface area contributed by atoms with Crippen LogP contribution in [0.5, 0.6) is 0 Å². The molecule has 0 unspecified atom stereocenters.